The lowest BCUT2D eigenvalue weighted by Gasteiger charge is -2.17. The van der Waals surface area contributed by atoms with Gasteiger partial charge in [0.2, 0.25) is 0 Å². The SMILES string of the molecule is CCNC(=NCC(O)COc1ccc(I)cc1)NC1CC=CC1.I. The van der Waals surface area contributed by atoms with Gasteiger partial charge in [0, 0.05) is 16.2 Å². The predicted molar refractivity (Wildman–Crippen MR) is 117 cm³/mol. The van der Waals surface area contributed by atoms with Gasteiger partial charge in [-0.3, -0.25) is 4.99 Å². The van der Waals surface area contributed by atoms with Crippen molar-refractivity contribution in [3.63, 3.8) is 0 Å². The first-order valence-corrected chi connectivity index (χ1v) is 9.01. The van der Waals surface area contributed by atoms with Crippen molar-refractivity contribution >= 4 is 52.5 Å². The van der Waals surface area contributed by atoms with Crippen LogP contribution in [0.25, 0.3) is 0 Å². The van der Waals surface area contributed by atoms with Gasteiger partial charge in [0.05, 0.1) is 6.54 Å². The van der Waals surface area contributed by atoms with Crippen LogP contribution in [0.1, 0.15) is 19.8 Å². The Hall–Kier alpha value is -0.550. The van der Waals surface area contributed by atoms with E-state index in [1.54, 1.807) is 0 Å². The maximum absolute atomic E-state index is 10.0. The maximum atomic E-state index is 10.0. The molecule has 1 atom stereocenters. The van der Waals surface area contributed by atoms with Crippen LogP contribution < -0.4 is 15.4 Å². The smallest absolute Gasteiger partial charge is 0.191 e. The topological polar surface area (TPSA) is 65.9 Å². The summed E-state index contributed by atoms with van der Waals surface area (Å²) in [6, 6.07) is 8.15. The second kappa shape index (κ2) is 11.9. The maximum Gasteiger partial charge on any atom is 0.191 e. The molecular weight excluding hydrogens is 532 g/mol. The fourth-order valence-corrected chi connectivity index (χ4v) is 2.58. The Morgan fingerprint density at radius 2 is 2.00 bits per heavy atom. The number of hydrogen-bond acceptors (Lipinski definition) is 3. The number of nitrogens with zero attached hydrogens (tertiary/aromatic N) is 1. The van der Waals surface area contributed by atoms with Crippen molar-refractivity contribution in [2.24, 2.45) is 4.99 Å². The van der Waals surface area contributed by atoms with Gasteiger partial charge in [-0.15, -0.1) is 24.0 Å². The number of rotatable bonds is 7. The number of hydrogen-bond donors (Lipinski definition) is 3. The Balaban J connectivity index is 0.00000288. The lowest BCUT2D eigenvalue weighted by atomic mass is 10.2. The minimum atomic E-state index is -0.633. The molecular formula is C17H25I2N3O2. The van der Waals surface area contributed by atoms with Gasteiger partial charge in [-0.25, -0.2) is 0 Å². The van der Waals surface area contributed by atoms with Crippen LogP contribution in [-0.4, -0.2) is 42.9 Å². The molecule has 0 bridgehead atoms. The molecule has 1 aromatic rings. The van der Waals surface area contributed by atoms with Crippen LogP contribution in [0.3, 0.4) is 0 Å². The number of ether oxygens (including phenoxy) is 1. The Labute approximate surface area is 174 Å². The minimum absolute atomic E-state index is 0. The molecule has 24 heavy (non-hydrogen) atoms. The predicted octanol–water partition coefficient (Wildman–Crippen LogP) is 2.92. The normalized spacial score (nSPS) is 15.7. The van der Waals surface area contributed by atoms with Crippen molar-refractivity contribution in [3.8, 4) is 5.75 Å². The van der Waals surface area contributed by atoms with Crippen molar-refractivity contribution in [3.05, 3.63) is 40.0 Å². The summed E-state index contributed by atoms with van der Waals surface area (Å²) in [6.45, 7) is 3.36. The molecule has 0 radical (unpaired) electrons. The van der Waals surface area contributed by atoms with Gasteiger partial charge < -0.3 is 20.5 Å². The molecule has 7 heteroatoms. The minimum Gasteiger partial charge on any atom is -0.491 e. The van der Waals surface area contributed by atoms with E-state index in [2.05, 4.69) is 50.4 Å². The second-order valence-corrected chi connectivity index (χ2v) is 6.67. The second-order valence-electron chi connectivity index (χ2n) is 5.42. The van der Waals surface area contributed by atoms with E-state index in [0.29, 0.717) is 12.6 Å². The highest BCUT2D eigenvalue weighted by atomic mass is 127. The number of guanidine groups is 1. The number of benzene rings is 1. The molecule has 1 aliphatic rings. The zero-order valence-electron chi connectivity index (χ0n) is 13.7. The summed E-state index contributed by atoms with van der Waals surface area (Å²) in [5.74, 6) is 1.50. The van der Waals surface area contributed by atoms with Crippen molar-refractivity contribution in [2.75, 3.05) is 19.7 Å². The molecule has 1 unspecified atom stereocenters. The van der Waals surface area contributed by atoms with Gasteiger partial charge in [0.25, 0.3) is 0 Å². The van der Waals surface area contributed by atoms with E-state index in [1.807, 2.05) is 31.2 Å². The summed E-state index contributed by atoms with van der Waals surface area (Å²) in [4.78, 5) is 4.44. The number of aliphatic hydroxyl groups excluding tert-OH is 1. The number of aliphatic imine (C=N–C) groups is 1. The molecule has 0 saturated carbocycles. The van der Waals surface area contributed by atoms with Crippen LogP contribution in [0.4, 0.5) is 0 Å². The molecule has 0 saturated heterocycles. The summed E-state index contributed by atoms with van der Waals surface area (Å²) in [5.41, 5.74) is 0. The third-order valence-corrected chi connectivity index (χ3v) is 4.13. The molecule has 134 valence electrons. The van der Waals surface area contributed by atoms with Gasteiger partial charge in [-0.1, -0.05) is 12.2 Å². The van der Waals surface area contributed by atoms with Gasteiger partial charge in [-0.05, 0) is 66.6 Å². The van der Waals surface area contributed by atoms with Crippen LogP contribution in [0.2, 0.25) is 0 Å². The molecule has 3 N–H and O–H groups in total. The summed E-state index contributed by atoms with van der Waals surface area (Å²) in [5, 5.41) is 16.6. The largest absolute Gasteiger partial charge is 0.491 e. The van der Waals surface area contributed by atoms with Crippen LogP contribution in [0, 0.1) is 3.57 Å². The molecule has 1 aromatic carbocycles. The summed E-state index contributed by atoms with van der Waals surface area (Å²) in [6.07, 6.45) is 5.74. The fourth-order valence-electron chi connectivity index (χ4n) is 2.22. The Morgan fingerprint density at radius 3 is 2.62 bits per heavy atom. The van der Waals surface area contributed by atoms with Crippen molar-refractivity contribution < 1.29 is 9.84 Å². The Morgan fingerprint density at radius 1 is 1.33 bits per heavy atom. The molecule has 1 aliphatic carbocycles. The Kier molecular flexibility index (Phi) is 10.7. The van der Waals surface area contributed by atoms with E-state index in [-0.39, 0.29) is 30.6 Å². The van der Waals surface area contributed by atoms with Crippen LogP contribution >= 0.6 is 46.6 Å². The third-order valence-electron chi connectivity index (χ3n) is 3.41. The summed E-state index contributed by atoms with van der Waals surface area (Å²) < 4.78 is 6.73. The van der Waals surface area contributed by atoms with Gasteiger partial charge in [-0.2, -0.15) is 0 Å². The Bertz CT molecular complexity index is 527. The standard InChI is InChI=1S/C17H24IN3O2.HI/c1-2-19-17(21-14-5-3-4-6-14)20-11-15(22)12-23-16-9-7-13(18)8-10-16;/h3-4,7-10,14-15,22H,2,5-6,11-12H2,1H3,(H2,19,20,21);1H. The third kappa shape index (κ3) is 8.02. The van der Waals surface area contributed by atoms with Gasteiger partial charge in [0.1, 0.15) is 18.5 Å². The quantitative estimate of drug-likeness (QED) is 0.209. The molecule has 0 fully saturated rings. The number of nitrogens with one attached hydrogen (secondary N) is 2. The van der Waals surface area contributed by atoms with E-state index in [1.165, 1.54) is 0 Å². The number of halogens is 2. The van der Waals surface area contributed by atoms with E-state index < -0.39 is 6.10 Å². The molecule has 5 nitrogen and oxygen atoms in total. The number of aliphatic hydroxyl groups is 1. The molecule has 0 aromatic heterocycles. The first-order valence-electron chi connectivity index (χ1n) is 7.93. The van der Waals surface area contributed by atoms with Gasteiger partial charge in [0.15, 0.2) is 5.96 Å². The highest BCUT2D eigenvalue weighted by molar-refractivity contribution is 14.1. The van der Waals surface area contributed by atoms with Crippen molar-refractivity contribution in [2.45, 2.75) is 31.9 Å². The molecule has 0 heterocycles. The van der Waals surface area contributed by atoms with Crippen LogP contribution in [0.15, 0.2) is 41.4 Å². The van der Waals surface area contributed by atoms with Crippen molar-refractivity contribution in [1.82, 2.24) is 10.6 Å². The highest BCUT2D eigenvalue weighted by Crippen LogP contribution is 2.13. The summed E-state index contributed by atoms with van der Waals surface area (Å²) in [7, 11) is 0. The van der Waals surface area contributed by atoms with E-state index in [0.717, 1.165) is 34.7 Å². The average molecular weight is 557 g/mol. The first-order chi connectivity index (χ1) is 11.2. The van der Waals surface area contributed by atoms with Crippen LogP contribution in [0.5, 0.6) is 5.75 Å². The molecule has 0 amide bonds. The zero-order valence-corrected chi connectivity index (χ0v) is 18.2. The monoisotopic (exact) mass is 557 g/mol. The first kappa shape index (κ1) is 21.5. The van der Waals surface area contributed by atoms with E-state index in [9.17, 15) is 5.11 Å². The lowest BCUT2D eigenvalue weighted by molar-refractivity contribution is 0.114. The molecule has 0 spiro atoms. The molecule has 0 aliphatic heterocycles. The van der Waals surface area contributed by atoms with Crippen LogP contribution in [-0.2, 0) is 0 Å². The highest BCUT2D eigenvalue weighted by Gasteiger charge is 2.12. The lowest BCUT2D eigenvalue weighted by Crippen LogP contribution is -2.43. The fraction of sp³-hybridized carbons (Fsp3) is 0.471. The van der Waals surface area contributed by atoms with Crippen molar-refractivity contribution in [1.29, 1.82) is 0 Å². The molecule has 2 rings (SSSR count). The summed E-state index contributed by atoms with van der Waals surface area (Å²) >= 11 is 2.25. The average Bonchev–Trinajstić information content (AvgIpc) is 3.05. The van der Waals surface area contributed by atoms with E-state index >= 15 is 0 Å². The van der Waals surface area contributed by atoms with E-state index in [4.69, 9.17) is 4.74 Å². The zero-order chi connectivity index (χ0) is 16.5. The van der Waals surface area contributed by atoms with Gasteiger partial charge >= 0.3 is 0 Å².